The Hall–Kier alpha value is -1.88. The predicted octanol–water partition coefficient (Wildman–Crippen LogP) is 2.53. The van der Waals surface area contributed by atoms with Crippen molar-refractivity contribution in [3.05, 3.63) is 35.4 Å². The monoisotopic (exact) mass is 360 g/mol. The number of likely N-dealkylation sites (tertiary alicyclic amines) is 1. The first-order chi connectivity index (χ1) is 12.3. The minimum atomic E-state index is -0.133. The van der Waals surface area contributed by atoms with Gasteiger partial charge < -0.3 is 10.1 Å². The second kappa shape index (κ2) is 9.17. The zero-order chi connectivity index (χ0) is 19.2. The van der Waals surface area contributed by atoms with Crippen LogP contribution in [0.25, 0.3) is 0 Å². The smallest absolute Gasteiger partial charge is 0.308 e. The summed E-state index contributed by atoms with van der Waals surface area (Å²) in [5, 5.41) is 3.00. The third-order valence-electron chi connectivity index (χ3n) is 5.05. The van der Waals surface area contributed by atoms with E-state index in [2.05, 4.69) is 55.3 Å². The Balaban J connectivity index is 1.67. The van der Waals surface area contributed by atoms with Crippen LogP contribution >= 0.6 is 0 Å². The number of esters is 1. The molecule has 26 heavy (non-hydrogen) atoms. The second-order valence-electron chi connectivity index (χ2n) is 8.12. The summed E-state index contributed by atoms with van der Waals surface area (Å²) in [5.41, 5.74) is 2.71. The number of carbonyl (C=O) groups is 2. The number of rotatable bonds is 6. The van der Waals surface area contributed by atoms with E-state index in [0.717, 1.165) is 32.4 Å². The number of piperidine rings is 1. The Morgan fingerprint density at radius 2 is 1.77 bits per heavy atom. The zero-order valence-corrected chi connectivity index (χ0v) is 16.5. The van der Waals surface area contributed by atoms with Crippen LogP contribution in [0, 0.1) is 5.92 Å². The van der Waals surface area contributed by atoms with Gasteiger partial charge >= 0.3 is 5.97 Å². The van der Waals surface area contributed by atoms with Gasteiger partial charge in [0.05, 0.1) is 19.6 Å². The van der Waals surface area contributed by atoms with E-state index in [1.807, 2.05) is 0 Å². The first-order valence-corrected chi connectivity index (χ1v) is 9.46. The number of ether oxygens (including phenoxy) is 1. The van der Waals surface area contributed by atoms with Crippen LogP contribution in [-0.2, 0) is 26.2 Å². The summed E-state index contributed by atoms with van der Waals surface area (Å²) < 4.78 is 4.79. The Bertz CT molecular complexity index is 597. The number of methoxy groups -OCH3 is 1. The number of nitrogens with zero attached hydrogens (tertiary/aromatic N) is 1. The first kappa shape index (κ1) is 20.4. The van der Waals surface area contributed by atoms with Crippen molar-refractivity contribution in [2.75, 3.05) is 33.3 Å². The summed E-state index contributed by atoms with van der Waals surface area (Å²) in [7, 11) is 1.43. The molecule has 1 aliphatic rings. The Kier molecular flexibility index (Phi) is 7.21. The summed E-state index contributed by atoms with van der Waals surface area (Å²) in [5.74, 6) is -0.102. The molecule has 1 aromatic carbocycles. The fraction of sp³-hybridized carbons (Fsp3) is 0.619. The SMILES string of the molecule is COC(=O)C1CCN(CC(=O)NCCc2ccc(C(C)(C)C)cc2)CC1. The van der Waals surface area contributed by atoms with Crippen molar-refractivity contribution >= 4 is 11.9 Å². The number of benzene rings is 1. The molecule has 5 nitrogen and oxygen atoms in total. The van der Waals surface area contributed by atoms with E-state index in [1.54, 1.807) is 0 Å². The number of carbonyl (C=O) groups excluding carboxylic acids is 2. The largest absolute Gasteiger partial charge is 0.469 e. The van der Waals surface area contributed by atoms with Crippen molar-refractivity contribution in [2.24, 2.45) is 5.92 Å². The summed E-state index contributed by atoms with van der Waals surface area (Å²) in [4.78, 5) is 25.7. The van der Waals surface area contributed by atoms with Gasteiger partial charge in [0.25, 0.3) is 0 Å². The molecule has 1 heterocycles. The average Bonchev–Trinajstić information content (AvgIpc) is 2.61. The van der Waals surface area contributed by atoms with Crippen molar-refractivity contribution in [1.82, 2.24) is 10.2 Å². The molecule has 1 fully saturated rings. The first-order valence-electron chi connectivity index (χ1n) is 9.46. The van der Waals surface area contributed by atoms with Crippen LogP contribution in [0.2, 0.25) is 0 Å². The van der Waals surface area contributed by atoms with E-state index >= 15 is 0 Å². The quantitative estimate of drug-likeness (QED) is 0.792. The molecule has 144 valence electrons. The van der Waals surface area contributed by atoms with E-state index < -0.39 is 0 Å². The third kappa shape index (κ3) is 6.13. The van der Waals surface area contributed by atoms with Gasteiger partial charge in [0.1, 0.15) is 0 Å². The fourth-order valence-corrected chi connectivity index (χ4v) is 3.27. The molecule has 0 saturated carbocycles. The lowest BCUT2D eigenvalue weighted by Crippen LogP contribution is -2.43. The summed E-state index contributed by atoms with van der Waals surface area (Å²) in [6.07, 6.45) is 2.36. The van der Waals surface area contributed by atoms with Crippen LogP contribution in [0.1, 0.15) is 44.7 Å². The molecular formula is C21H32N2O3. The second-order valence-corrected chi connectivity index (χ2v) is 8.12. The minimum absolute atomic E-state index is 0.0182. The maximum atomic E-state index is 12.1. The van der Waals surface area contributed by atoms with E-state index in [0.29, 0.717) is 13.1 Å². The molecule has 2 rings (SSSR count). The van der Waals surface area contributed by atoms with Crippen molar-refractivity contribution in [2.45, 2.75) is 45.4 Å². The third-order valence-corrected chi connectivity index (χ3v) is 5.05. The zero-order valence-electron chi connectivity index (χ0n) is 16.5. The van der Waals surface area contributed by atoms with Crippen molar-refractivity contribution in [3.8, 4) is 0 Å². The number of hydrogen-bond acceptors (Lipinski definition) is 4. The van der Waals surface area contributed by atoms with Crippen LogP contribution in [0.4, 0.5) is 0 Å². The predicted molar refractivity (Wildman–Crippen MR) is 103 cm³/mol. The summed E-state index contributed by atoms with van der Waals surface area (Å²) in [6, 6.07) is 8.62. The van der Waals surface area contributed by atoms with Crippen LogP contribution < -0.4 is 5.32 Å². The fourth-order valence-electron chi connectivity index (χ4n) is 3.27. The molecule has 0 spiro atoms. The molecular weight excluding hydrogens is 328 g/mol. The van der Waals surface area contributed by atoms with Crippen LogP contribution in [0.5, 0.6) is 0 Å². The van der Waals surface area contributed by atoms with Crippen LogP contribution in [-0.4, -0.2) is 50.1 Å². The van der Waals surface area contributed by atoms with Crippen LogP contribution in [0.3, 0.4) is 0 Å². The highest BCUT2D eigenvalue weighted by Gasteiger charge is 2.26. The van der Waals surface area contributed by atoms with E-state index in [1.165, 1.54) is 18.2 Å². The average molecular weight is 360 g/mol. The van der Waals surface area contributed by atoms with Gasteiger partial charge in [-0.15, -0.1) is 0 Å². The Labute approximate surface area is 157 Å². The lowest BCUT2D eigenvalue weighted by Gasteiger charge is -2.29. The molecule has 1 N–H and O–H groups in total. The van der Waals surface area contributed by atoms with Gasteiger partial charge in [-0.05, 0) is 48.9 Å². The topological polar surface area (TPSA) is 58.6 Å². The highest BCUT2D eigenvalue weighted by molar-refractivity contribution is 5.78. The molecule has 5 heteroatoms. The molecule has 1 saturated heterocycles. The molecule has 1 amide bonds. The van der Waals surface area contributed by atoms with E-state index in [9.17, 15) is 9.59 Å². The Morgan fingerprint density at radius 3 is 2.31 bits per heavy atom. The molecule has 0 unspecified atom stereocenters. The maximum Gasteiger partial charge on any atom is 0.308 e. The van der Waals surface area contributed by atoms with E-state index in [-0.39, 0.29) is 23.2 Å². The van der Waals surface area contributed by atoms with Gasteiger partial charge in [-0.2, -0.15) is 0 Å². The highest BCUT2D eigenvalue weighted by atomic mass is 16.5. The summed E-state index contributed by atoms with van der Waals surface area (Å²) >= 11 is 0. The van der Waals surface area contributed by atoms with Gasteiger partial charge in [0.2, 0.25) is 5.91 Å². The Morgan fingerprint density at radius 1 is 1.15 bits per heavy atom. The molecule has 0 radical (unpaired) electrons. The van der Waals surface area contributed by atoms with E-state index in [4.69, 9.17) is 4.74 Å². The van der Waals surface area contributed by atoms with Gasteiger partial charge in [-0.1, -0.05) is 45.0 Å². The number of nitrogens with one attached hydrogen (secondary N) is 1. The van der Waals surface area contributed by atoms with Gasteiger partial charge in [0.15, 0.2) is 0 Å². The van der Waals surface area contributed by atoms with Gasteiger partial charge in [-0.25, -0.2) is 0 Å². The van der Waals surface area contributed by atoms with Crippen molar-refractivity contribution in [3.63, 3.8) is 0 Å². The van der Waals surface area contributed by atoms with Crippen molar-refractivity contribution in [1.29, 1.82) is 0 Å². The summed E-state index contributed by atoms with van der Waals surface area (Å²) in [6.45, 7) is 9.19. The molecule has 0 atom stereocenters. The van der Waals surface area contributed by atoms with Crippen LogP contribution in [0.15, 0.2) is 24.3 Å². The minimum Gasteiger partial charge on any atom is -0.469 e. The number of hydrogen-bond donors (Lipinski definition) is 1. The molecule has 1 aromatic rings. The standard InChI is InChI=1S/C21H32N2O3/c1-21(2,3)18-7-5-16(6-8-18)9-12-22-19(24)15-23-13-10-17(11-14-23)20(25)26-4/h5-8,17H,9-15H2,1-4H3,(H,22,24). The lowest BCUT2D eigenvalue weighted by atomic mass is 9.86. The molecule has 0 aromatic heterocycles. The lowest BCUT2D eigenvalue weighted by molar-refractivity contribution is -0.147. The van der Waals surface area contributed by atoms with Crippen molar-refractivity contribution < 1.29 is 14.3 Å². The molecule has 1 aliphatic heterocycles. The highest BCUT2D eigenvalue weighted by Crippen LogP contribution is 2.22. The molecule has 0 bridgehead atoms. The maximum absolute atomic E-state index is 12.1. The van der Waals surface area contributed by atoms with Gasteiger partial charge in [0, 0.05) is 6.54 Å². The normalized spacial score (nSPS) is 16.3. The molecule has 0 aliphatic carbocycles. The van der Waals surface area contributed by atoms with Gasteiger partial charge in [-0.3, -0.25) is 14.5 Å². The number of amides is 1.